The first-order valence-corrected chi connectivity index (χ1v) is 6.29. The van der Waals surface area contributed by atoms with E-state index < -0.39 is 0 Å². The highest BCUT2D eigenvalue weighted by Crippen LogP contribution is 2.16. The number of benzene rings is 1. The molecule has 1 rings (SSSR count). The van der Waals surface area contributed by atoms with Gasteiger partial charge in [0.05, 0.1) is 13.7 Å². The van der Waals surface area contributed by atoms with Gasteiger partial charge in [-0.1, -0.05) is 23.7 Å². The fraction of sp³-hybridized carbons (Fsp3) is 0.286. The highest BCUT2D eigenvalue weighted by molar-refractivity contribution is 6.31. The van der Waals surface area contributed by atoms with Crippen molar-refractivity contribution < 1.29 is 14.3 Å². The number of carbonyl (C=O) groups excluding carboxylic acids is 2. The quantitative estimate of drug-likeness (QED) is 0.457. The van der Waals surface area contributed by atoms with Crippen molar-refractivity contribution >= 4 is 23.9 Å². The maximum Gasteiger partial charge on any atom is 0.249 e. The lowest BCUT2D eigenvalue weighted by atomic mass is 10.2. The summed E-state index contributed by atoms with van der Waals surface area (Å²) in [5, 5.41) is 0.0783. The molecule has 1 aromatic carbocycles. The molecular weight excluding hydrogens is 280 g/mol. The van der Waals surface area contributed by atoms with Crippen LogP contribution in [0.25, 0.3) is 0 Å². The molecule has 0 aromatic heterocycles. The maximum atomic E-state index is 11.5. The van der Waals surface area contributed by atoms with E-state index >= 15 is 0 Å². The Balaban J connectivity index is 2.80. The normalized spacial score (nSPS) is 10.9. The summed E-state index contributed by atoms with van der Waals surface area (Å²) in [6.45, 7) is 0.281. The number of hydrogen-bond acceptors (Lipinski definition) is 3. The fourth-order valence-electron chi connectivity index (χ4n) is 1.40. The minimum atomic E-state index is -0.281. The lowest BCUT2D eigenvalue weighted by molar-refractivity contribution is -0.123. The van der Waals surface area contributed by atoms with Crippen molar-refractivity contribution in [3.8, 4) is 5.75 Å². The lowest BCUT2D eigenvalue weighted by Gasteiger charge is -2.17. The highest BCUT2D eigenvalue weighted by Gasteiger charge is 2.10. The molecule has 0 bridgehead atoms. The van der Waals surface area contributed by atoms with Crippen LogP contribution in [0.3, 0.4) is 0 Å². The van der Waals surface area contributed by atoms with Crippen LogP contribution in [0, 0.1) is 0 Å². The Kier molecular flexibility index (Phi) is 6.06. The van der Waals surface area contributed by atoms with Gasteiger partial charge in [0.1, 0.15) is 10.9 Å². The van der Waals surface area contributed by atoms with E-state index in [4.69, 9.17) is 16.3 Å². The number of hydrogen-bond donors (Lipinski definition) is 0. The standard InChI is InChI=1S/C14H17ClN2O3/c1-16(2)14(19)8-13(15)17(10-18)9-11-4-6-12(20-3)7-5-11/h4-8,10H,9H2,1-3H3/b13-8-. The van der Waals surface area contributed by atoms with E-state index in [1.165, 1.54) is 15.9 Å². The SMILES string of the molecule is COc1ccc(CN(C=O)/C(Cl)=C\C(=O)N(C)C)cc1. The van der Waals surface area contributed by atoms with E-state index in [1.807, 2.05) is 12.1 Å². The molecule has 2 amide bonds. The monoisotopic (exact) mass is 296 g/mol. The van der Waals surface area contributed by atoms with Crippen molar-refractivity contribution in [2.24, 2.45) is 0 Å². The molecule has 20 heavy (non-hydrogen) atoms. The molecule has 0 heterocycles. The number of methoxy groups -OCH3 is 1. The van der Waals surface area contributed by atoms with Crippen molar-refractivity contribution in [1.29, 1.82) is 0 Å². The zero-order chi connectivity index (χ0) is 15.1. The Labute approximate surface area is 123 Å². The topological polar surface area (TPSA) is 49.9 Å². The molecule has 0 fully saturated rings. The van der Waals surface area contributed by atoms with Gasteiger partial charge in [0.15, 0.2) is 0 Å². The van der Waals surface area contributed by atoms with E-state index in [0.29, 0.717) is 6.41 Å². The summed E-state index contributed by atoms with van der Waals surface area (Å²) in [4.78, 5) is 25.2. The van der Waals surface area contributed by atoms with E-state index in [2.05, 4.69) is 0 Å². The molecule has 0 saturated heterocycles. The number of rotatable bonds is 6. The first-order valence-electron chi connectivity index (χ1n) is 5.91. The fourth-order valence-corrected chi connectivity index (χ4v) is 1.60. The number of halogens is 1. The van der Waals surface area contributed by atoms with Crippen LogP contribution in [0.2, 0.25) is 0 Å². The second kappa shape index (κ2) is 7.55. The Bertz CT molecular complexity index is 498. The molecule has 0 aliphatic rings. The predicted molar refractivity (Wildman–Crippen MR) is 77.2 cm³/mol. The molecule has 0 aliphatic heterocycles. The summed E-state index contributed by atoms with van der Waals surface area (Å²) >= 11 is 5.98. The lowest BCUT2D eigenvalue weighted by Crippen LogP contribution is -2.23. The van der Waals surface area contributed by atoms with Gasteiger partial charge in [-0.25, -0.2) is 0 Å². The van der Waals surface area contributed by atoms with Crippen LogP contribution in [-0.4, -0.2) is 43.3 Å². The molecule has 0 unspecified atom stereocenters. The average Bonchev–Trinajstić information content (AvgIpc) is 2.44. The molecule has 0 N–H and O–H groups in total. The van der Waals surface area contributed by atoms with Crippen LogP contribution in [0.4, 0.5) is 0 Å². The summed E-state index contributed by atoms with van der Waals surface area (Å²) in [6.07, 6.45) is 1.80. The zero-order valence-corrected chi connectivity index (χ0v) is 12.4. The number of amides is 2. The summed E-state index contributed by atoms with van der Waals surface area (Å²) in [6, 6.07) is 7.24. The summed E-state index contributed by atoms with van der Waals surface area (Å²) in [5.74, 6) is 0.451. The summed E-state index contributed by atoms with van der Waals surface area (Å²) in [5.41, 5.74) is 0.877. The molecule has 1 aromatic rings. The van der Waals surface area contributed by atoms with E-state index in [-0.39, 0.29) is 17.6 Å². The van der Waals surface area contributed by atoms with Gasteiger partial charge in [0.2, 0.25) is 12.3 Å². The zero-order valence-electron chi connectivity index (χ0n) is 11.7. The molecule has 6 heteroatoms. The summed E-state index contributed by atoms with van der Waals surface area (Å²) < 4.78 is 5.06. The minimum Gasteiger partial charge on any atom is -0.497 e. The van der Waals surface area contributed by atoms with Gasteiger partial charge in [0.25, 0.3) is 0 Å². The van der Waals surface area contributed by atoms with Crippen molar-refractivity contribution in [3.05, 3.63) is 41.1 Å². The first kappa shape index (κ1) is 16.0. The van der Waals surface area contributed by atoms with Gasteiger partial charge < -0.3 is 14.5 Å². The van der Waals surface area contributed by atoms with Gasteiger partial charge in [-0.3, -0.25) is 9.59 Å². The van der Waals surface area contributed by atoms with Crippen molar-refractivity contribution in [2.75, 3.05) is 21.2 Å². The van der Waals surface area contributed by atoms with E-state index in [0.717, 1.165) is 11.3 Å². The minimum absolute atomic E-state index is 0.0783. The molecule has 0 atom stereocenters. The van der Waals surface area contributed by atoms with Crippen LogP contribution < -0.4 is 4.74 Å². The second-order valence-corrected chi connectivity index (χ2v) is 4.67. The maximum absolute atomic E-state index is 11.5. The molecule has 108 valence electrons. The molecule has 0 aliphatic carbocycles. The summed E-state index contributed by atoms with van der Waals surface area (Å²) in [7, 11) is 4.80. The number of carbonyl (C=O) groups is 2. The number of likely N-dealkylation sites (N-methyl/N-ethyl adjacent to an activating group) is 1. The molecule has 0 spiro atoms. The molecule has 0 radical (unpaired) electrons. The number of ether oxygens (including phenoxy) is 1. The Hall–Kier alpha value is -2.01. The van der Waals surface area contributed by atoms with E-state index in [9.17, 15) is 9.59 Å². The van der Waals surface area contributed by atoms with Crippen molar-refractivity contribution in [1.82, 2.24) is 9.80 Å². The van der Waals surface area contributed by atoms with Gasteiger partial charge in [-0.2, -0.15) is 0 Å². The van der Waals surface area contributed by atoms with Crippen molar-refractivity contribution in [2.45, 2.75) is 6.54 Å². The van der Waals surface area contributed by atoms with Crippen LogP contribution in [0.15, 0.2) is 35.5 Å². The third-order valence-corrected chi connectivity index (χ3v) is 2.92. The van der Waals surface area contributed by atoms with Crippen LogP contribution in [0.1, 0.15) is 5.56 Å². The van der Waals surface area contributed by atoms with Crippen LogP contribution >= 0.6 is 11.6 Å². The second-order valence-electron chi connectivity index (χ2n) is 4.28. The first-order chi connectivity index (χ1) is 9.47. The number of nitrogens with zero attached hydrogens (tertiary/aromatic N) is 2. The largest absolute Gasteiger partial charge is 0.497 e. The van der Waals surface area contributed by atoms with Gasteiger partial charge in [-0.05, 0) is 17.7 Å². The molecular formula is C14H17ClN2O3. The van der Waals surface area contributed by atoms with E-state index in [1.54, 1.807) is 33.3 Å². The smallest absolute Gasteiger partial charge is 0.249 e. The Morgan fingerprint density at radius 1 is 1.30 bits per heavy atom. The Morgan fingerprint density at radius 3 is 2.35 bits per heavy atom. The van der Waals surface area contributed by atoms with Gasteiger partial charge in [-0.15, -0.1) is 0 Å². The van der Waals surface area contributed by atoms with Crippen molar-refractivity contribution in [3.63, 3.8) is 0 Å². The molecule has 0 saturated carbocycles. The van der Waals surface area contributed by atoms with Gasteiger partial charge >= 0.3 is 0 Å². The van der Waals surface area contributed by atoms with Crippen LogP contribution in [0.5, 0.6) is 5.75 Å². The van der Waals surface area contributed by atoms with Crippen LogP contribution in [-0.2, 0) is 16.1 Å². The van der Waals surface area contributed by atoms with Gasteiger partial charge in [0, 0.05) is 20.2 Å². The molecule has 5 nitrogen and oxygen atoms in total. The highest BCUT2D eigenvalue weighted by atomic mass is 35.5. The Morgan fingerprint density at radius 2 is 1.90 bits per heavy atom. The third kappa shape index (κ3) is 4.59. The third-order valence-electron chi connectivity index (χ3n) is 2.60. The predicted octanol–water partition coefficient (Wildman–Crippen LogP) is 1.82. The average molecular weight is 297 g/mol.